The van der Waals surface area contributed by atoms with E-state index in [-0.39, 0.29) is 12.0 Å². The molecule has 0 spiro atoms. The summed E-state index contributed by atoms with van der Waals surface area (Å²) in [6, 6.07) is 11.0. The van der Waals surface area contributed by atoms with Crippen LogP contribution in [0.4, 0.5) is 5.82 Å². The molecule has 0 saturated heterocycles. The smallest absolute Gasteiger partial charge is 0.328 e. The van der Waals surface area contributed by atoms with E-state index < -0.39 is 0 Å². The number of carbonyl (C=O) groups excluding carboxylic acids is 2. The summed E-state index contributed by atoms with van der Waals surface area (Å²) in [5, 5.41) is 0. The zero-order chi connectivity index (χ0) is 21.1. The fourth-order valence-corrected chi connectivity index (χ4v) is 2.35. The molecule has 28 heavy (non-hydrogen) atoms. The third-order valence-electron chi connectivity index (χ3n) is 4.14. The van der Waals surface area contributed by atoms with Crippen LogP contribution in [0, 0.1) is 25.7 Å². The van der Waals surface area contributed by atoms with Crippen LogP contribution in [-0.4, -0.2) is 44.5 Å². The number of pyridine rings is 1. The van der Waals surface area contributed by atoms with Crippen molar-refractivity contribution >= 4 is 18.1 Å². The van der Waals surface area contributed by atoms with Crippen molar-refractivity contribution in [2.24, 2.45) is 0 Å². The minimum Gasteiger partial charge on any atom is -0.481 e. The van der Waals surface area contributed by atoms with Gasteiger partial charge in [0.25, 0.3) is 0 Å². The summed E-state index contributed by atoms with van der Waals surface area (Å²) in [5.74, 6) is 6.11. The maximum Gasteiger partial charge on any atom is 0.328 e. The summed E-state index contributed by atoms with van der Waals surface area (Å²) in [6.45, 7) is 5.73. The first-order valence-corrected chi connectivity index (χ1v) is 8.68. The number of carbonyl (C=O) groups is 2. The van der Waals surface area contributed by atoms with Crippen molar-refractivity contribution in [3.05, 3.63) is 53.1 Å². The molecule has 1 aromatic carbocycles. The predicted molar refractivity (Wildman–Crippen MR) is 110 cm³/mol. The van der Waals surface area contributed by atoms with Gasteiger partial charge in [-0.05, 0) is 43.9 Å². The van der Waals surface area contributed by atoms with Gasteiger partial charge in [-0.15, -0.1) is 0 Å². The standard InChI is InChI=1S/C11H16N2O3.C11H10O/c1-8(11(14)16-4)13(2)9-6-5-7-10(12-9)15-3;1-9-5-3-6-10(2)11(9)7-4-8-12/h5-8H,1-4H3;3,5-6,8H,1-2H3. The number of nitrogens with zero attached hydrogens (tertiary/aromatic N) is 2. The summed E-state index contributed by atoms with van der Waals surface area (Å²) in [7, 11) is 4.70. The van der Waals surface area contributed by atoms with E-state index in [1.807, 2.05) is 44.2 Å². The number of aldehydes is 1. The van der Waals surface area contributed by atoms with E-state index in [9.17, 15) is 9.59 Å². The largest absolute Gasteiger partial charge is 0.481 e. The second-order valence-corrected chi connectivity index (χ2v) is 6.00. The Morgan fingerprint density at radius 1 is 1.14 bits per heavy atom. The van der Waals surface area contributed by atoms with Gasteiger partial charge in [0, 0.05) is 18.7 Å². The number of ether oxygens (including phenoxy) is 2. The molecule has 1 unspecified atom stereocenters. The molecule has 148 valence electrons. The van der Waals surface area contributed by atoms with E-state index in [1.165, 1.54) is 7.11 Å². The molecule has 0 saturated carbocycles. The van der Waals surface area contributed by atoms with Gasteiger partial charge in [-0.1, -0.05) is 30.2 Å². The number of esters is 1. The fraction of sp³-hybridized carbons (Fsp3) is 0.318. The molecule has 1 aromatic heterocycles. The lowest BCUT2D eigenvalue weighted by molar-refractivity contribution is -0.141. The molecule has 1 atom stereocenters. The van der Waals surface area contributed by atoms with Gasteiger partial charge in [0.1, 0.15) is 11.9 Å². The highest BCUT2D eigenvalue weighted by Crippen LogP contribution is 2.16. The summed E-state index contributed by atoms with van der Waals surface area (Å²) in [5.41, 5.74) is 3.19. The van der Waals surface area contributed by atoms with E-state index in [0.29, 0.717) is 18.0 Å². The van der Waals surface area contributed by atoms with Crippen molar-refractivity contribution in [1.82, 2.24) is 4.98 Å². The predicted octanol–water partition coefficient (Wildman–Crippen LogP) is 2.94. The summed E-state index contributed by atoms with van der Waals surface area (Å²) in [4.78, 5) is 27.3. The van der Waals surface area contributed by atoms with Crippen LogP contribution in [0.25, 0.3) is 0 Å². The van der Waals surface area contributed by atoms with Crippen molar-refractivity contribution in [3.63, 3.8) is 0 Å². The summed E-state index contributed by atoms with van der Waals surface area (Å²) in [6.07, 6.45) is 0.617. The minimum atomic E-state index is -0.385. The second-order valence-electron chi connectivity index (χ2n) is 6.00. The van der Waals surface area contributed by atoms with E-state index in [1.54, 1.807) is 32.0 Å². The van der Waals surface area contributed by atoms with Crippen LogP contribution in [0.15, 0.2) is 36.4 Å². The van der Waals surface area contributed by atoms with Crippen LogP contribution < -0.4 is 9.64 Å². The van der Waals surface area contributed by atoms with E-state index in [2.05, 4.69) is 21.6 Å². The third-order valence-corrected chi connectivity index (χ3v) is 4.14. The molecular weight excluding hydrogens is 356 g/mol. The highest BCUT2D eigenvalue weighted by molar-refractivity contribution is 5.78. The number of hydrogen-bond donors (Lipinski definition) is 0. The second kappa shape index (κ2) is 11.4. The molecule has 0 aliphatic carbocycles. The van der Waals surface area contributed by atoms with Crippen LogP contribution in [0.2, 0.25) is 0 Å². The number of methoxy groups -OCH3 is 2. The van der Waals surface area contributed by atoms with E-state index in [4.69, 9.17) is 4.74 Å². The molecule has 0 fully saturated rings. The lowest BCUT2D eigenvalue weighted by atomic mass is 10.0. The quantitative estimate of drug-likeness (QED) is 0.460. The molecule has 0 N–H and O–H groups in total. The molecule has 0 aliphatic rings. The normalized spacial score (nSPS) is 10.4. The number of anilines is 1. The average Bonchev–Trinajstić information content (AvgIpc) is 2.72. The Bertz CT molecular complexity index is 848. The topological polar surface area (TPSA) is 68.7 Å². The molecular formula is C22H26N2O4. The molecule has 0 radical (unpaired) electrons. The van der Waals surface area contributed by atoms with Gasteiger partial charge in [0.2, 0.25) is 5.88 Å². The molecule has 0 amide bonds. The van der Waals surface area contributed by atoms with Crippen molar-refractivity contribution in [1.29, 1.82) is 0 Å². The van der Waals surface area contributed by atoms with Gasteiger partial charge in [0.05, 0.1) is 14.2 Å². The number of likely N-dealkylation sites (N-methyl/N-ethyl adjacent to an activating group) is 1. The Morgan fingerprint density at radius 2 is 1.75 bits per heavy atom. The molecule has 6 nitrogen and oxygen atoms in total. The Labute approximate surface area is 166 Å². The molecule has 2 aromatic rings. The Morgan fingerprint density at radius 3 is 2.29 bits per heavy atom. The van der Waals surface area contributed by atoms with Gasteiger partial charge >= 0.3 is 5.97 Å². The minimum absolute atomic E-state index is 0.299. The average molecular weight is 382 g/mol. The van der Waals surface area contributed by atoms with Crippen LogP contribution in [0.3, 0.4) is 0 Å². The highest BCUT2D eigenvalue weighted by atomic mass is 16.5. The van der Waals surface area contributed by atoms with E-state index in [0.717, 1.165) is 16.7 Å². The maximum absolute atomic E-state index is 11.4. The van der Waals surface area contributed by atoms with Gasteiger partial charge in [-0.25, -0.2) is 4.79 Å². The van der Waals surface area contributed by atoms with Crippen LogP contribution in [0.5, 0.6) is 5.88 Å². The number of hydrogen-bond acceptors (Lipinski definition) is 6. The molecule has 2 rings (SSSR count). The molecule has 6 heteroatoms. The lowest BCUT2D eigenvalue weighted by Crippen LogP contribution is -2.37. The Hall–Kier alpha value is -3.33. The van der Waals surface area contributed by atoms with Crippen molar-refractivity contribution < 1.29 is 19.1 Å². The molecule has 1 heterocycles. The van der Waals surface area contributed by atoms with E-state index >= 15 is 0 Å². The first-order valence-electron chi connectivity index (χ1n) is 8.68. The summed E-state index contributed by atoms with van der Waals surface area (Å²) >= 11 is 0. The third kappa shape index (κ3) is 6.44. The highest BCUT2D eigenvalue weighted by Gasteiger charge is 2.19. The van der Waals surface area contributed by atoms with Crippen molar-refractivity contribution in [3.8, 4) is 17.7 Å². The van der Waals surface area contributed by atoms with Gasteiger partial charge in [-0.3, -0.25) is 4.79 Å². The van der Waals surface area contributed by atoms with Crippen LogP contribution in [0.1, 0.15) is 23.6 Å². The fourth-order valence-electron chi connectivity index (χ4n) is 2.35. The Kier molecular flexibility index (Phi) is 9.24. The first-order chi connectivity index (χ1) is 13.3. The maximum atomic E-state index is 11.4. The summed E-state index contributed by atoms with van der Waals surface area (Å²) < 4.78 is 9.69. The molecule has 0 bridgehead atoms. The zero-order valence-electron chi connectivity index (χ0n) is 17.1. The van der Waals surface area contributed by atoms with Gasteiger partial charge in [-0.2, -0.15) is 4.98 Å². The number of aromatic nitrogens is 1. The van der Waals surface area contributed by atoms with Crippen molar-refractivity contribution in [2.45, 2.75) is 26.8 Å². The number of rotatable bonds is 4. The van der Waals surface area contributed by atoms with Gasteiger partial charge < -0.3 is 14.4 Å². The first kappa shape index (κ1) is 22.7. The van der Waals surface area contributed by atoms with Crippen LogP contribution in [-0.2, 0) is 14.3 Å². The lowest BCUT2D eigenvalue weighted by Gasteiger charge is -2.23. The SMILES string of the molecule is COC(=O)C(C)N(C)c1cccc(OC)n1.Cc1cccc(C)c1C#CC=O. The van der Waals surface area contributed by atoms with Gasteiger partial charge in [0.15, 0.2) is 6.29 Å². The zero-order valence-corrected chi connectivity index (χ0v) is 17.1. The monoisotopic (exact) mass is 382 g/mol. The Balaban J connectivity index is 0.000000292. The number of benzene rings is 1. The van der Waals surface area contributed by atoms with Crippen LogP contribution >= 0.6 is 0 Å². The number of aryl methyl sites for hydroxylation is 2. The molecule has 0 aliphatic heterocycles. The van der Waals surface area contributed by atoms with Crippen molar-refractivity contribution in [2.75, 3.05) is 26.2 Å².